The van der Waals surface area contributed by atoms with Gasteiger partial charge in [0.2, 0.25) is 11.8 Å². The summed E-state index contributed by atoms with van der Waals surface area (Å²) in [6.07, 6.45) is 1.02. The number of primary amides is 1. The zero-order chi connectivity index (χ0) is 32.8. The molecule has 13 heteroatoms. The van der Waals surface area contributed by atoms with Crippen LogP contribution in [0.2, 0.25) is 0 Å². The maximum absolute atomic E-state index is 14.5. The number of aromatic hydroxyl groups is 1. The van der Waals surface area contributed by atoms with Gasteiger partial charge in [-0.15, -0.1) is 0 Å². The number of hydrogen-bond donors (Lipinski definition) is 5. The van der Waals surface area contributed by atoms with Gasteiger partial charge in [0, 0.05) is 17.1 Å². The lowest BCUT2D eigenvalue weighted by atomic mass is 9.42. The fraction of sp³-hybridized carbons (Fsp3) is 0.406. The van der Waals surface area contributed by atoms with Crippen molar-refractivity contribution in [2.45, 2.75) is 42.8 Å². The highest BCUT2D eigenvalue weighted by Crippen LogP contribution is 2.57. The first-order chi connectivity index (χ1) is 21.1. The van der Waals surface area contributed by atoms with Gasteiger partial charge in [0.1, 0.15) is 11.7 Å². The van der Waals surface area contributed by atoms with Crippen molar-refractivity contribution in [3.8, 4) is 22.9 Å². The maximum atomic E-state index is 14.5. The number of amides is 2. The summed E-state index contributed by atoms with van der Waals surface area (Å²) in [6.45, 7) is 0. The number of phenolic OH excluding ortho intramolecular Hbond substituents is 1. The van der Waals surface area contributed by atoms with Crippen LogP contribution in [0.3, 0.4) is 0 Å². The smallest absolute Gasteiger partial charge is 0.235 e. The topological polar surface area (TPSA) is 240 Å². The molecule has 232 valence electrons. The molecule has 0 aromatic heterocycles. The number of rotatable bonds is 5. The lowest BCUT2D eigenvalue weighted by Crippen LogP contribution is -2.85. The number of fused-ring (bicyclic) bond motifs is 3. The highest BCUT2D eigenvalue weighted by atomic mass is 16.3. The molecule has 0 bridgehead atoms. The molecule has 4 aliphatic carbocycles. The average Bonchev–Trinajstić information content (AvgIpc) is 3.79. The molecule has 6 rings (SSSR count). The quantitative estimate of drug-likeness (QED) is 0.278. The fourth-order valence-corrected chi connectivity index (χ4v) is 7.80. The number of Topliss-reactive ketones (excluding diaryl/α,β-unsaturated/α-hetero) is 4. The van der Waals surface area contributed by atoms with E-state index < -0.39 is 75.6 Å². The van der Waals surface area contributed by atoms with Gasteiger partial charge in [-0.25, -0.2) is 0 Å². The van der Waals surface area contributed by atoms with Crippen LogP contribution < -0.4 is 22.5 Å². The van der Waals surface area contributed by atoms with Crippen molar-refractivity contribution < 1.29 is 33.9 Å². The van der Waals surface area contributed by atoms with Crippen molar-refractivity contribution >= 4 is 40.6 Å². The summed E-state index contributed by atoms with van der Waals surface area (Å²) in [6, 6.07) is 9.98. The van der Waals surface area contributed by atoms with E-state index in [0.29, 0.717) is 22.4 Å². The molecule has 2 amide bonds. The number of phenols is 1. The predicted octanol–water partition coefficient (Wildman–Crippen LogP) is -0.176. The molecule has 3 saturated carbocycles. The maximum Gasteiger partial charge on any atom is 0.235 e. The molecule has 45 heavy (non-hydrogen) atoms. The summed E-state index contributed by atoms with van der Waals surface area (Å²) in [4.78, 5) is 81.9. The van der Waals surface area contributed by atoms with Crippen molar-refractivity contribution in [1.82, 2.24) is 4.90 Å². The fourth-order valence-electron chi connectivity index (χ4n) is 7.80. The standard InChI is InChI=1S/C32H32N6O7/c1-38(2)25-24(41)21(28(34)44)26(42)31(13-33)27(43)22-23(40)20-18(11-30(22,35)12-32(25,31)36)17(9-10-19(20)39)14-5-7-16(8-6-14)37-29(45)15-3-4-15/h5-10,15,21-22,25,39H,3-4,11-12,35-36H2,1-2H3,(H2,34,44)(H,37,45)/t21?,22?,25-,30-,31+,32-/m1/s1. The number of hydrogen-bond acceptors (Lipinski definition) is 11. The number of nitrogens with zero attached hydrogens (tertiary/aromatic N) is 2. The molecular weight excluding hydrogens is 580 g/mol. The Balaban J connectivity index is 1.48. The van der Waals surface area contributed by atoms with Gasteiger partial charge in [0.15, 0.2) is 34.5 Å². The third-order valence-corrected chi connectivity index (χ3v) is 9.89. The number of nitriles is 1. The minimum Gasteiger partial charge on any atom is -0.507 e. The number of nitrogens with one attached hydrogen (secondary N) is 1. The van der Waals surface area contributed by atoms with Gasteiger partial charge in [0.25, 0.3) is 0 Å². The Labute approximate surface area is 257 Å². The molecule has 3 fully saturated rings. The molecule has 2 unspecified atom stereocenters. The van der Waals surface area contributed by atoms with Gasteiger partial charge in [-0.1, -0.05) is 18.2 Å². The van der Waals surface area contributed by atoms with Crippen LogP contribution in [-0.4, -0.2) is 76.2 Å². The van der Waals surface area contributed by atoms with Gasteiger partial charge in [-0.05, 0) is 74.7 Å². The number of ketones is 4. The SMILES string of the molecule is CN(C)[C@@H]1C(=O)C(C(N)=O)C(=O)[C@@]2(C#N)C(=O)C3C(=O)c4c(O)ccc(-c5ccc(NC(=O)C6CC6)cc5)c4C[C@@]3(N)C[C@@]12N. The second kappa shape index (κ2) is 9.87. The largest absolute Gasteiger partial charge is 0.507 e. The Bertz CT molecular complexity index is 1780. The summed E-state index contributed by atoms with van der Waals surface area (Å²) in [5.74, 6) is -10.2. The summed E-state index contributed by atoms with van der Waals surface area (Å²) in [5, 5.41) is 24.3. The summed E-state index contributed by atoms with van der Waals surface area (Å²) in [5.41, 5.74) is 14.2. The Hall–Kier alpha value is -4.77. The Morgan fingerprint density at radius 1 is 1.02 bits per heavy atom. The normalized spacial score (nSPS) is 32.3. The van der Waals surface area contributed by atoms with Crippen LogP contribution in [-0.2, 0) is 30.4 Å². The first-order valence-corrected chi connectivity index (χ1v) is 14.5. The van der Waals surface area contributed by atoms with Gasteiger partial charge in [-0.3, -0.25) is 33.7 Å². The summed E-state index contributed by atoms with van der Waals surface area (Å²) < 4.78 is 0. The molecule has 0 heterocycles. The van der Waals surface area contributed by atoms with Crippen molar-refractivity contribution in [3.05, 3.63) is 47.5 Å². The third kappa shape index (κ3) is 4.03. The van der Waals surface area contributed by atoms with Crippen LogP contribution in [0.1, 0.15) is 35.2 Å². The molecule has 0 aliphatic heterocycles. The van der Waals surface area contributed by atoms with Gasteiger partial charge in [-0.2, -0.15) is 5.26 Å². The molecule has 0 saturated heterocycles. The summed E-state index contributed by atoms with van der Waals surface area (Å²) in [7, 11) is 2.89. The second-order valence-electron chi connectivity index (χ2n) is 12.9. The number of anilines is 1. The Kier molecular flexibility index (Phi) is 6.64. The van der Waals surface area contributed by atoms with Crippen LogP contribution in [0.4, 0.5) is 5.69 Å². The number of carbonyl (C=O) groups excluding carboxylic acids is 6. The van der Waals surface area contributed by atoms with E-state index in [4.69, 9.17) is 17.2 Å². The van der Waals surface area contributed by atoms with E-state index in [1.807, 2.05) is 0 Å². The molecule has 0 radical (unpaired) electrons. The van der Waals surface area contributed by atoms with Crippen LogP contribution in [0.15, 0.2) is 36.4 Å². The van der Waals surface area contributed by atoms with Crippen LogP contribution in [0.5, 0.6) is 5.75 Å². The molecule has 2 aromatic carbocycles. The Morgan fingerprint density at radius 2 is 1.67 bits per heavy atom. The highest BCUT2D eigenvalue weighted by molar-refractivity contribution is 6.33. The lowest BCUT2D eigenvalue weighted by Gasteiger charge is -2.60. The van der Waals surface area contributed by atoms with Crippen LogP contribution in [0.25, 0.3) is 11.1 Å². The van der Waals surface area contributed by atoms with Crippen LogP contribution >= 0.6 is 0 Å². The van der Waals surface area contributed by atoms with Gasteiger partial charge >= 0.3 is 0 Å². The minimum absolute atomic E-state index is 0.0147. The van der Waals surface area contributed by atoms with E-state index in [1.54, 1.807) is 36.4 Å². The number of carbonyl (C=O) groups is 6. The van der Waals surface area contributed by atoms with Gasteiger partial charge < -0.3 is 27.6 Å². The van der Waals surface area contributed by atoms with E-state index in [-0.39, 0.29) is 23.8 Å². The molecule has 13 nitrogen and oxygen atoms in total. The van der Waals surface area contributed by atoms with Crippen molar-refractivity contribution in [2.75, 3.05) is 19.4 Å². The van der Waals surface area contributed by atoms with E-state index in [2.05, 4.69) is 5.32 Å². The number of nitrogens with two attached hydrogens (primary N) is 3. The van der Waals surface area contributed by atoms with E-state index >= 15 is 0 Å². The van der Waals surface area contributed by atoms with Gasteiger partial charge in [0.05, 0.1) is 23.2 Å². The van der Waals surface area contributed by atoms with E-state index in [1.165, 1.54) is 25.1 Å². The molecule has 4 aliphatic rings. The van der Waals surface area contributed by atoms with Crippen LogP contribution in [0, 0.1) is 34.5 Å². The highest BCUT2D eigenvalue weighted by Gasteiger charge is 2.78. The molecular formula is C32H32N6O7. The number of benzene rings is 2. The van der Waals surface area contributed by atoms with E-state index in [0.717, 1.165) is 12.8 Å². The van der Waals surface area contributed by atoms with Crippen molar-refractivity contribution in [2.24, 2.45) is 40.4 Å². The summed E-state index contributed by atoms with van der Waals surface area (Å²) >= 11 is 0. The minimum atomic E-state index is -2.80. The third-order valence-electron chi connectivity index (χ3n) is 9.89. The molecule has 0 spiro atoms. The first kappa shape index (κ1) is 30.3. The number of likely N-dealkylation sites (N-methyl/N-ethyl adjacent to an activating group) is 1. The molecule has 8 N–H and O–H groups in total. The second-order valence-corrected chi connectivity index (χ2v) is 12.9. The average molecular weight is 613 g/mol. The monoisotopic (exact) mass is 612 g/mol. The van der Waals surface area contributed by atoms with E-state index in [9.17, 15) is 39.1 Å². The van der Waals surface area contributed by atoms with Crippen molar-refractivity contribution in [1.29, 1.82) is 5.26 Å². The lowest BCUT2D eigenvalue weighted by molar-refractivity contribution is -0.166. The Morgan fingerprint density at radius 3 is 2.22 bits per heavy atom. The zero-order valence-electron chi connectivity index (χ0n) is 24.6. The molecule has 2 aromatic rings. The van der Waals surface area contributed by atoms with Crippen molar-refractivity contribution in [3.63, 3.8) is 0 Å². The first-order valence-electron chi connectivity index (χ1n) is 14.5. The molecule has 6 atom stereocenters. The predicted molar refractivity (Wildman–Crippen MR) is 158 cm³/mol. The zero-order valence-corrected chi connectivity index (χ0v) is 24.6.